The fraction of sp³-hybridized carbons (Fsp3) is 0.364. The summed E-state index contributed by atoms with van der Waals surface area (Å²) in [5.74, 6) is -0.0972. The molecule has 0 unspecified atom stereocenters. The number of piperazine rings is 1. The fourth-order valence-corrected chi connectivity index (χ4v) is 5.56. The van der Waals surface area contributed by atoms with Gasteiger partial charge in [0.1, 0.15) is 0 Å². The maximum Gasteiger partial charge on any atom is 0.416 e. The molecule has 4 rings (SSSR count). The third-order valence-electron chi connectivity index (χ3n) is 5.95. The topological polar surface area (TPSA) is 90.0 Å². The van der Waals surface area contributed by atoms with Gasteiger partial charge in [0, 0.05) is 51.0 Å². The van der Waals surface area contributed by atoms with Crippen LogP contribution in [0.15, 0.2) is 47.4 Å². The number of rotatable bonds is 3. The highest BCUT2D eigenvalue weighted by Crippen LogP contribution is 2.32. The summed E-state index contributed by atoms with van der Waals surface area (Å²) in [6.07, 6.45) is -3.88. The van der Waals surface area contributed by atoms with Gasteiger partial charge in [-0.2, -0.15) is 17.5 Å². The lowest BCUT2D eigenvalue weighted by Crippen LogP contribution is -2.51. The zero-order valence-electron chi connectivity index (χ0n) is 18.3. The van der Waals surface area contributed by atoms with Crippen LogP contribution in [0.2, 0.25) is 0 Å². The summed E-state index contributed by atoms with van der Waals surface area (Å²) in [7, 11) is -3.78. The van der Waals surface area contributed by atoms with E-state index in [0.717, 1.165) is 23.4 Å². The number of carbonyl (C=O) groups is 2. The molecule has 3 amide bonds. The number of sulfonamides is 1. The number of benzene rings is 2. The van der Waals surface area contributed by atoms with E-state index >= 15 is 0 Å². The van der Waals surface area contributed by atoms with Crippen LogP contribution in [0, 0.1) is 0 Å². The van der Waals surface area contributed by atoms with Crippen LogP contribution in [0.5, 0.6) is 0 Å². The molecule has 182 valence electrons. The van der Waals surface area contributed by atoms with Gasteiger partial charge in [-0.1, -0.05) is 0 Å². The van der Waals surface area contributed by atoms with Crippen LogP contribution in [0.1, 0.15) is 18.1 Å². The average Bonchev–Trinajstić information content (AvgIpc) is 3.22. The maximum atomic E-state index is 13.1. The van der Waals surface area contributed by atoms with Gasteiger partial charge in [0.25, 0.3) is 0 Å². The molecule has 8 nitrogen and oxygen atoms in total. The van der Waals surface area contributed by atoms with Gasteiger partial charge in [-0.15, -0.1) is 0 Å². The first-order valence-electron chi connectivity index (χ1n) is 10.6. The number of urea groups is 1. The number of hydrogen-bond donors (Lipinski definition) is 1. The largest absolute Gasteiger partial charge is 0.416 e. The van der Waals surface area contributed by atoms with Crippen LogP contribution >= 0.6 is 0 Å². The van der Waals surface area contributed by atoms with Crippen LogP contribution in [-0.4, -0.2) is 62.3 Å². The van der Waals surface area contributed by atoms with E-state index in [9.17, 15) is 31.2 Å². The first-order valence-corrected chi connectivity index (χ1v) is 12.1. The Kier molecular flexibility index (Phi) is 6.30. The smallest absolute Gasteiger partial charge is 0.322 e. The second-order valence-corrected chi connectivity index (χ2v) is 10.0. The Morgan fingerprint density at radius 1 is 0.941 bits per heavy atom. The summed E-state index contributed by atoms with van der Waals surface area (Å²) in [4.78, 5) is 27.4. The number of alkyl halides is 3. The molecule has 1 fully saturated rings. The third-order valence-corrected chi connectivity index (χ3v) is 7.85. The molecule has 0 atom stereocenters. The third kappa shape index (κ3) is 4.73. The Morgan fingerprint density at radius 2 is 1.59 bits per heavy atom. The quantitative estimate of drug-likeness (QED) is 0.707. The molecule has 2 heterocycles. The van der Waals surface area contributed by atoms with E-state index in [1.807, 2.05) is 0 Å². The van der Waals surface area contributed by atoms with Crippen LogP contribution < -0.4 is 10.2 Å². The predicted octanol–water partition coefficient (Wildman–Crippen LogP) is 3.15. The first kappa shape index (κ1) is 24.0. The summed E-state index contributed by atoms with van der Waals surface area (Å²) in [6.45, 7) is 2.41. The summed E-state index contributed by atoms with van der Waals surface area (Å²) in [5.41, 5.74) is 0.915. The number of fused-ring (bicyclic) bond motifs is 1. The van der Waals surface area contributed by atoms with Gasteiger partial charge < -0.3 is 15.1 Å². The number of halogens is 3. The van der Waals surface area contributed by atoms with Crippen molar-refractivity contribution in [3.63, 3.8) is 0 Å². The molecule has 2 aliphatic rings. The number of hydrogen-bond acceptors (Lipinski definition) is 4. The standard InChI is InChI=1S/C22H23F3N4O4S/c1-15(30)29-9-8-16-14-19(6-7-20(16)29)34(32,33)28-12-10-27(11-13-28)21(31)26-18-4-2-17(3-5-18)22(23,24)25/h2-7,14H,8-13H2,1H3,(H,26,31). The minimum Gasteiger partial charge on any atom is -0.322 e. The Labute approximate surface area is 195 Å². The number of nitrogens with zero attached hydrogens (tertiary/aromatic N) is 3. The van der Waals surface area contributed by atoms with Crippen molar-refractivity contribution in [1.29, 1.82) is 0 Å². The van der Waals surface area contributed by atoms with Crippen molar-refractivity contribution in [3.8, 4) is 0 Å². The molecule has 0 aliphatic carbocycles. The van der Waals surface area contributed by atoms with Gasteiger partial charge in [-0.05, 0) is 54.4 Å². The summed E-state index contributed by atoms with van der Waals surface area (Å²) in [5, 5.41) is 2.54. The van der Waals surface area contributed by atoms with Gasteiger partial charge in [0.2, 0.25) is 15.9 Å². The number of amides is 3. The second kappa shape index (κ2) is 8.91. The van der Waals surface area contributed by atoms with Gasteiger partial charge in [0.05, 0.1) is 10.5 Å². The van der Waals surface area contributed by atoms with Crippen molar-refractivity contribution in [2.24, 2.45) is 0 Å². The molecule has 2 aromatic rings. The van der Waals surface area contributed by atoms with E-state index in [0.29, 0.717) is 13.0 Å². The van der Waals surface area contributed by atoms with Crippen LogP contribution in [0.3, 0.4) is 0 Å². The molecule has 2 aliphatic heterocycles. The molecular formula is C22H23F3N4O4S. The van der Waals surface area contributed by atoms with Gasteiger partial charge in [-0.3, -0.25) is 4.79 Å². The molecule has 0 saturated carbocycles. The molecule has 0 bridgehead atoms. The molecule has 1 saturated heterocycles. The lowest BCUT2D eigenvalue weighted by molar-refractivity contribution is -0.137. The predicted molar refractivity (Wildman–Crippen MR) is 119 cm³/mol. The zero-order valence-corrected chi connectivity index (χ0v) is 19.1. The van der Waals surface area contributed by atoms with Gasteiger partial charge in [-0.25, -0.2) is 13.2 Å². The Bertz CT molecular complexity index is 1210. The van der Waals surface area contributed by atoms with Crippen molar-refractivity contribution in [3.05, 3.63) is 53.6 Å². The van der Waals surface area contributed by atoms with Gasteiger partial charge in [0.15, 0.2) is 0 Å². The van der Waals surface area contributed by atoms with E-state index in [1.54, 1.807) is 17.0 Å². The highest BCUT2D eigenvalue weighted by Gasteiger charge is 2.32. The normalized spacial score (nSPS) is 16.9. The van der Waals surface area contributed by atoms with Crippen LogP contribution in [0.25, 0.3) is 0 Å². The number of carbonyl (C=O) groups excluding carboxylic acids is 2. The van der Waals surface area contributed by atoms with Crippen molar-refractivity contribution >= 4 is 33.3 Å². The lowest BCUT2D eigenvalue weighted by Gasteiger charge is -2.34. The van der Waals surface area contributed by atoms with E-state index in [2.05, 4.69) is 5.32 Å². The van der Waals surface area contributed by atoms with Crippen molar-refractivity contribution in [2.45, 2.75) is 24.4 Å². The molecule has 12 heteroatoms. The molecule has 0 spiro atoms. The number of anilines is 2. The summed E-state index contributed by atoms with van der Waals surface area (Å²) in [6, 6.07) is 8.31. The molecule has 0 aromatic heterocycles. The van der Waals surface area contributed by atoms with Gasteiger partial charge >= 0.3 is 12.2 Å². The SMILES string of the molecule is CC(=O)N1CCc2cc(S(=O)(=O)N3CCN(C(=O)Nc4ccc(C(F)(F)F)cc4)CC3)ccc21. The zero-order chi connectivity index (χ0) is 24.7. The molecule has 0 radical (unpaired) electrons. The van der Waals surface area contributed by atoms with E-state index in [1.165, 1.54) is 34.3 Å². The van der Waals surface area contributed by atoms with E-state index in [-0.39, 0.29) is 42.7 Å². The Hall–Kier alpha value is -3.12. The summed E-state index contributed by atoms with van der Waals surface area (Å²) < 4.78 is 65.6. The lowest BCUT2D eigenvalue weighted by atomic mass is 10.2. The number of nitrogens with one attached hydrogen (secondary N) is 1. The highest BCUT2D eigenvalue weighted by atomic mass is 32.2. The molecule has 1 N–H and O–H groups in total. The Balaban J connectivity index is 1.37. The molecular weight excluding hydrogens is 473 g/mol. The minimum absolute atomic E-state index is 0.0828. The van der Waals surface area contributed by atoms with E-state index in [4.69, 9.17) is 0 Å². The van der Waals surface area contributed by atoms with Crippen molar-refractivity contribution in [1.82, 2.24) is 9.21 Å². The maximum absolute atomic E-state index is 13.1. The van der Waals surface area contributed by atoms with Crippen molar-refractivity contribution < 1.29 is 31.2 Å². The van der Waals surface area contributed by atoms with Crippen LogP contribution in [0.4, 0.5) is 29.3 Å². The molecule has 34 heavy (non-hydrogen) atoms. The second-order valence-electron chi connectivity index (χ2n) is 8.11. The van der Waals surface area contributed by atoms with Crippen molar-refractivity contribution in [2.75, 3.05) is 42.9 Å². The minimum atomic E-state index is -4.46. The van der Waals surface area contributed by atoms with E-state index < -0.39 is 27.8 Å². The highest BCUT2D eigenvalue weighted by molar-refractivity contribution is 7.89. The summed E-state index contributed by atoms with van der Waals surface area (Å²) >= 11 is 0. The Morgan fingerprint density at radius 3 is 2.18 bits per heavy atom. The molecule has 2 aromatic carbocycles. The average molecular weight is 497 g/mol. The first-order chi connectivity index (χ1) is 16.0. The monoisotopic (exact) mass is 496 g/mol. The van der Waals surface area contributed by atoms with Crippen LogP contribution in [-0.2, 0) is 27.4 Å². The fourth-order valence-electron chi connectivity index (χ4n) is 4.09.